The molecule has 0 bridgehead atoms. The highest BCUT2D eigenvalue weighted by atomic mass is 32.1. The molecule has 3 heteroatoms. The molecule has 1 atom stereocenters. The van der Waals surface area contributed by atoms with Crippen molar-refractivity contribution in [2.75, 3.05) is 6.54 Å². The Balaban J connectivity index is 2.73. The van der Waals surface area contributed by atoms with E-state index in [4.69, 9.17) is 5.73 Å². The van der Waals surface area contributed by atoms with E-state index in [1.54, 1.807) is 11.3 Å². The van der Waals surface area contributed by atoms with Crippen LogP contribution in [0.15, 0.2) is 5.38 Å². The van der Waals surface area contributed by atoms with Gasteiger partial charge in [-0.3, -0.25) is 0 Å². The topological polar surface area (TPSA) is 38.9 Å². The van der Waals surface area contributed by atoms with Gasteiger partial charge in [0, 0.05) is 23.8 Å². The molecule has 80 valence electrons. The highest BCUT2D eigenvalue weighted by molar-refractivity contribution is 7.09. The van der Waals surface area contributed by atoms with Gasteiger partial charge in [0.15, 0.2) is 0 Å². The molecular weight excluding hydrogens is 192 g/mol. The van der Waals surface area contributed by atoms with Gasteiger partial charge in [-0.1, -0.05) is 27.2 Å². The maximum absolute atomic E-state index is 5.74. The van der Waals surface area contributed by atoms with E-state index >= 15 is 0 Å². The van der Waals surface area contributed by atoms with Crippen LogP contribution in [0, 0.1) is 0 Å². The van der Waals surface area contributed by atoms with E-state index in [1.165, 1.54) is 17.1 Å². The van der Waals surface area contributed by atoms with Crippen molar-refractivity contribution in [1.29, 1.82) is 0 Å². The highest BCUT2D eigenvalue weighted by Crippen LogP contribution is 2.25. The second-order valence-corrected chi connectivity index (χ2v) is 4.88. The second kappa shape index (κ2) is 5.47. The molecule has 1 aromatic heterocycles. The lowest BCUT2D eigenvalue weighted by Crippen LogP contribution is -2.12. The Morgan fingerprint density at radius 2 is 2.21 bits per heavy atom. The molecule has 0 spiro atoms. The SMILES string of the molecule is CCCC(CN)c1csc(C(C)C)n1. The Labute approximate surface area is 90.6 Å². The summed E-state index contributed by atoms with van der Waals surface area (Å²) in [6.45, 7) is 7.27. The summed E-state index contributed by atoms with van der Waals surface area (Å²) in [6, 6.07) is 0. The molecule has 0 radical (unpaired) electrons. The van der Waals surface area contributed by atoms with Crippen molar-refractivity contribution >= 4 is 11.3 Å². The van der Waals surface area contributed by atoms with Crippen molar-refractivity contribution in [2.24, 2.45) is 5.73 Å². The van der Waals surface area contributed by atoms with Gasteiger partial charge in [0.05, 0.1) is 10.7 Å². The normalized spacial score (nSPS) is 13.5. The highest BCUT2D eigenvalue weighted by Gasteiger charge is 2.13. The quantitative estimate of drug-likeness (QED) is 0.814. The molecule has 0 aliphatic rings. The zero-order chi connectivity index (χ0) is 10.6. The first-order valence-corrected chi connectivity index (χ1v) is 6.22. The molecule has 0 amide bonds. The first-order chi connectivity index (χ1) is 6.69. The Morgan fingerprint density at radius 1 is 1.50 bits per heavy atom. The molecule has 2 N–H and O–H groups in total. The maximum atomic E-state index is 5.74. The third-order valence-corrected chi connectivity index (χ3v) is 3.54. The van der Waals surface area contributed by atoms with Crippen LogP contribution in [0.3, 0.4) is 0 Å². The lowest BCUT2D eigenvalue weighted by atomic mass is 10.0. The van der Waals surface area contributed by atoms with Gasteiger partial charge in [-0.15, -0.1) is 11.3 Å². The van der Waals surface area contributed by atoms with Crippen LogP contribution in [0.25, 0.3) is 0 Å². The van der Waals surface area contributed by atoms with Gasteiger partial charge in [-0.2, -0.15) is 0 Å². The summed E-state index contributed by atoms with van der Waals surface area (Å²) in [7, 11) is 0. The average molecular weight is 212 g/mol. The van der Waals surface area contributed by atoms with E-state index in [1.807, 2.05) is 0 Å². The Bertz CT molecular complexity index is 268. The van der Waals surface area contributed by atoms with Crippen molar-refractivity contribution in [3.05, 3.63) is 16.1 Å². The number of hydrogen-bond donors (Lipinski definition) is 1. The number of thiazole rings is 1. The minimum absolute atomic E-state index is 0.462. The second-order valence-electron chi connectivity index (χ2n) is 3.99. The number of nitrogens with two attached hydrogens (primary N) is 1. The minimum Gasteiger partial charge on any atom is -0.330 e. The predicted octanol–water partition coefficient (Wildman–Crippen LogP) is 3.11. The third kappa shape index (κ3) is 2.79. The predicted molar refractivity (Wildman–Crippen MR) is 62.9 cm³/mol. The van der Waals surface area contributed by atoms with Crippen LogP contribution < -0.4 is 5.73 Å². The van der Waals surface area contributed by atoms with Gasteiger partial charge >= 0.3 is 0 Å². The van der Waals surface area contributed by atoms with Crippen molar-refractivity contribution in [2.45, 2.75) is 45.4 Å². The van der Waals surface area contributed by atoms with E-state index in [9.17, 15) is 0 Å². The minimum atomic E-state index is 0.462. The molecule has 1 aromatic rings. The zero-order valence-corrected chi connectivity index (χ0v) is 10.1. The molecule has 0 aromatic carbocycles. The molecule has 14 heavy (non-hydrogen) atoms. The van der Waals surface area contributed by atoms with Crippen LogP contribution in [0.2, 0.25) is 0 Å². The molecule has 2 nitrogen and oxygen atoms in total. The van der Waals surface area contributed by atoms with E-state index in [0.29, 0.717) is 11.8 Å². The van der Waals surface area contributed by atoms with E-state index in [-0.39, 0.29) is 0 Å². The monoisotopic (exact) mass is 212 g/mol. The smallest absolute Gasteiger partial charge is 0.0953 e. The summed E-state index contributed by atoms with van der Waals surface area (Å²) in [6.07, 6.45) is 2.33. The van der Waals surface area contributed by atoms with Crippen molar-refractivity contribution < 1.29 is 0 Å². The van der Waals surface area contributed by atoms with Gasteiger partial charge in [-0.05, 0) is 6.42 Å². The summed E-state index contributed by atoms with van der Waals surface area (Å²) in [5.74, 6) is 0.998. The third-order valence-electron chi connectivity index (χ3n) is 2.37. The summed E-state index contributed by atoms with van der Waals surface area (Å²) in [5.41, 5.74) is 6.94. The summed E-state index contributed by atoms with van der Waals surface area (Å²) in [5, 5.41) is 3.40. The number of aromatic nitrogens is 1. The fourth-order valence-corrected chi connectivity index (χ4v) is 2.41. The fourth-order valence-electron chi connectivity index (χ4n) is 1.49. The molecule has 1 heterocycles. The van der Waals surface area contributed by atoms with Crippen LogP contribution in [0.4, 0.5) is 0 Å². The van der Waals surface area contributed by atoms with Crippen LogP contribution in [0.5, 0.6) is 0 Å². The molecule has 0 saturated heterocycles. The lowest BCUT2D eigenvalue weighted by molar-refractivity contribution is 0.607. The molecule has 0 saturated carbocycles. The number of hydrogen-bond acceptors (Lipinski definition) is 3. The summed E-state index contributed by atoms with van der Waals surface area (Å²) >= 11 is 1.76. The zero-order valence-electron chi connectivity index (χ0n) is 9.29. The van der Waals surface area contributed by atoms with E-state index in [0.717, 1.165) is 13.0 Å². The maximum Gasteiger partial charge on any atom is 0.0953 e. The van der Waals surface area contributed by atoms with Crippen molar-refractivity contribution in [3.8, 4) is 0 Å². The number of nitrogens with zero attached hydrogens (tertiary/aromatic N) is 1. The Morgan fingerprint density at radius 3 is 2.64 bits per heavy atom. The largest absolute Gasteiger partial charge is 0.330 e. The first kappa shape index (κ1) is 11.7. The van der Waals surface area contributed by atoms with Crippen LogP contribution in [-0.2, 0) is 0 Å². The van der Waals surface area contributed by atoms with Gasteiger partial charge in [0.25, 0.3) is 0 Å². The van der Waals surface area contributed by atoms with E-state index < -0.39 is 0 Å². The van der Waals surface area contributed by atoms with Crippen molar-refractivity contribution in [3.63, 3.8) is 0 Å². The van der Waals surface area contributed by atoms with Gasteiger partial charge in [-0.25, -0.2) is 4.98 Å². The summed E-state index contributed by atoms with van der Waals surface area (Å²) in [4.78, 5) is 4.64. The fraction of sp³-hybridized carbons (Fsp3) is 0.727. The molecule has 0 fully saturated rings. The average Bonchev–Trinajstić information content (AvgIpc) is 2.63. The van der Waals surface area contributed by atoms with Gasteiger partial charge in [0.2, 0.25) is 0 Å². The van der Waals surface area contributed by atoms with Crippen molar-refractivity contribution in [1.82, 2.24) is 4.98 Å². The molecule has 1 unspecified atom stereocenters. The number of rotatable bonds is 5. The van der Waals surface area contributed by atoms with Gasteiger partial charge in [0.1, 0.15) is 0 Å². The Kier molecular flexibility index (Phi) is 4.55. The molecule has 1 rings (SSSR count). The van der Waals surface area contributed by atoms with Gasteiger partial charge < -0.3 is 5.73 Å². The first-order valence-electron chi connectivity index (χ1n) is 5.34. The lowest BCUT2D eigenvalue weighted by Gasteiger charge is -2.10. The Hall–Kier alpha value is -0.410. The van der Waals surface area contributed by atoms with Crippen LogP contribution in [-0.4, -0.2) is 11.5 Å². The molecule has 0 aliphatic carbocycles. The molecule has 0 aliphatic heterocycles. The standard InChI is InChI=1S/C11H20N2S/c1-4-5-9(6-12)10-7-14-11(13-10)8(2)3/h7-9H,4-6,12H2,1-3H3. The van der Waals surface area contributed by atoms with Crippen LogP contribution in [0.1, 0.15) is 56.2 Å². The summed E-state index contributed by atoms with van der Waals surface area (Å²) < 4.78 is 0. The van der Waals surface area contributed by atoms with Crippen LogP contribution >= 0.6 is 11.3 Å². The van der Waals surface area contributed by atoms with E-state index in [2.05, 4.69) is 31.1 Å². The molecular formula is C11H20N2S.